The van der Waals surface area contributed by atoms with Crippen LogP contribution in [0, 0.1) is 0 Å². The van der Waals surface area contributed by atoms with Crippen molar-refractivity contribution in [3.63, 3.8) is 0 Å². The van der Waals surface area contributed by atoms with E-state index in [1.165, 1.54) is 0 Å². The van der Waals surface area contributed by atoms with Crippen molar-refractivity contribution in [3.05, 3.63) is 11.7 Å². The van der Waals surface area contributed by atoms with Gasteiger partial charge in [0.1, 0.15) is 0 Å². The molecule has 1 radical (unpaired) electrons. The van der Waals surface area contributed by atoms with Gasteiger partial charge in [-0.15, -0.1) is 0 Å². The van der Waals surface area contributed by atoms with Crippen LogP contribution in [0.4, 0.5) is 0 Å². The van der Waals surface area contributed by atoms with Gasteiger partial charge in [-0.2, -0.15) is 0 Å². The summed E-state index contributed by atoms with van der Waals surface area (Å²) in [6.07, 6.45) is 0. The summed E-state index contributed by atoms with van der Waals surface area (Å²) in [5.74, 6) is 18.0. The Morgan fingerprint density at radius 3 is 0.667 bits per heavy atom. The molecule has 0 aromatic rings. The maximum Gasteiger partial charge on any atom is 2.00 e. The van der Waals surface area contributed by atoms with Gasteiger partial charge in [-0.25, -0.2) is 0 Å². The molecule has 12 nitrogen and oxygen atoms in total. The molecule has 0 aliphatic heterocycles. The Bertz CT molecular complexity index is 221. The molecule has 101 valence electrons. The summed E-state index contributed by atoms with van der Waals surface area (Å²) < 4.78 is 68.2. The van der Waals surface area contributed by atoms with Crippen LogP contribution in [-0.4, -0.2) is 35.0 Å². The predicted octanol–water partition coefficient (Wildman–Crippen LogP) is -2.85. The van der Waals surface area contributed by atoms with Crippen LogP contribution in [0.5, 0.6) is 0 Å². The normalized spacial score (nSPS) is 8.53. The molecule has 0 aliphatic rings. The monoisotopic (exact) mass is 317 g/mol. The van der Waals surface area contributed by atoms with Crippen LogP contribution >= 0.6 is 0 Å². The largest absolute Gasteiger partial charge is 2.00 e. The molecule has 0 amide bonds. The van der Waals surface area contributed by atoms with Crippen LogP contribution in [-0.2, 0) is 37.9 Å². The summed E-state index contributed by atoms with van der Waals surface area (Å²) in [5.41, 5.74) is 0. The van der Waals surface area contributed by atoms with Gasteiger partial charge in [0, 0.05) is 20.8 Å². The summed E-state index contributed by atoms with van der Waals surface area (Å²) >= 11 is 0. The van der Waals surface area contributed by atoms with E-state index in [2.05, 4.69) is 11.7 Å². The number of nitrogens with two attached hydrogens (primary N) is 2. The van der Waals surface area contributed by atoms with E-state index >= 15 is 0 Å². The standard InChI is InChI=1S/Cu.2H3N2.2H2O4S/c;2*1-2;2*1-5(2,3)4/h;2*1H,2H2;2*(H2,1,2,3,4)/q+2;2*-1;;/p-4. The number of hydrogen-bond donors (Lipinski definition) is 2. The van der Waals surface area contributed by atoms with Gasteiger partial charge in [-0.05, 0) is 0 Å². The first-order chi connectivity index (χ1) is 6.00. The van der Waals surface area contributed by atoms with Crippen molar-refractivity contribution in [2.75, 3.05) is 0 Å². The van der Waals surface area contributed by atoms with Crippen LogP contribution < -0.4 is 11.7 Å². The summed E-state index contributed by atoms with van der Waals surface area (Å²) in [7, 11) is -10.3. The van der Waals surface area contributed by atoms with Crippen LogP contribution in [0.15, 0.2) is 0 Å². The predicted molar refractivity (Wildman–Crippen MR) is 38.0 cm³/mol. The maximum absolute atomic E-state index is 8.52. The molecule has 0 aliphatic carbocycles. The zero-order valence-corrected chi connectivity index (χ0v) is 9.11. The van der Waals surface area contributed by atoms with Crippen molar-refractivity contribution >= 4 is 20.8 Å². The van der Waals surface area contributed by atoms with Gasteiger partial charge < -0.3 is 41.6 Å². The minimum Gasteiger partial charge on any atom is -0.759 e. The van der Waals surface area contributed by atoms with E-state index in [1.807, 2.05) is 0 Å². The third-order valence-electron chi connectivity index (χ3n) is 0. The van der Waals surface area contributed by atoms with Gasteiger partial charge >= 0.3 is 17.1 Å². The van der Waals surface area contributed by atoms with E-state index in [9.17, 15) is 0 Å². The smallest absolute Gasteiger partial charge is 0.759 e. The second kappa shape index (κ2) is 16.5. The molecule has 0 aromatic carbocycles. The zero-order valence-electron chi connectivity index (χ0n) is 6.54. The third kappa shape index (κ3) is 209000. The molecular formula is H6CuN4O8S2-4. The molecule has 0 saturated heterocycles. The van der Waals surface area contributed by atoms with Gasteiger partial charge in [-0.3, -0.25) is 16.8 Å². The van der Waals surface area contributed by atoms with E-state index < -0.39 is 20.8 Å². The topological polar surface area (TPSA) is 260 Å². The third-order valence-corrected chi connectivity index (χ3v) is 0. The van der Waals surface area contributed by atoms with E-state index in [-0.39, 0.29) is 17.1 Å². The SMILES string of the molecule is O=S(=O)([O-])[O-].O=S(=O)([O-])[O-].[Cu+2].[NH-]N.[NH-]N. The number of rotatable bonds is 0. The average molecular weight is 318 g/mol. The minimum absolute atomic E-state index is 0. The quantitative estimate of drug-likeness (QED) is 0.151. The molecule has 0 heterocycles. The Balaban J connectivity index is -0.0000000318. The Morgan fingerprint density at radius 1 is 0.667 bits per heavy atom. The van der Waals surface area contributed by atoms with Gasteiger partial charge in [0.05, 0.1) is 0 Å². The van der Waals surface area contributed by atoms with Crippen molar-refractivity contribution in [2.24, 2.45) is 11.7 Å². The van der Waals surface area contributed by atoms with Gasteiger partial charge in [0.25, 0.3) is 0 Å². The van der Waals surface area contributed by atoms with Crippen LogP contribution in [0.3, 0.4) is 0 Å². The summed E-state index contributed by atoms with van der Waals surface area (Å²) in [6.45, 7) is 0. The van der Waals surface area contributed by atoms with Gasteiger partial charge in [0.15, 0.2) is 0 Å². The average Bonchev–Trinajstić information content (AvgIpc) is 1.88. The second-order valence-corrected chi connectivity index (χ2v) is 2.45. The number of nitrogens with one attached hydrogen (secondary N) is 2. The van der Waals surface area contributed by atoms with Crippen molar-refractivity contribution in [1.82, 2.24) is 0 Å². The van der Waals surface area contributed by atoms with Gasteiger partial charge in [0.2, 0.25) is 0 Å². The first kappa shape index (κ1) is 29.4. The minimum atomic E-state index is -5.17. The van der Waals surface area contributed by atoms with Crippen molar-refractivity contribution < 1.29 is 52.1 Å². The summed E-state index contributed by atoms with van der Waals surface area (Å²) in [4.78, 5) is 0. The van der Waals surface area contributed by atoms with Crippen LogP contribution in [0.25, 0.3) is 11.7 Å². The fourth-order valence-corrected chi connectivity index (χ4v) is 0. The summed E-state index contributed by atoms with van der Waals surface area (Å²) in [5, 5.41) is 0. The molecule has 6 N–H and O–H groups in total. The Morgan fingerprint density at radius 2 is 0.667 bits per heavy atom. The van der Waals surface area contributed by atoms with Crippen molar-refractivity contribution in [2.45, 2.75) is 0 Å². The maximum atomic E-state index is 8.52. The molecule has 0 bridgehead atoms. The van der Waals surface area contributed by atoms with Crippen LogP contribution in [0.1, 0.15) is 0 Å². The molecule has 0 atom stereocenters. The van der Waals surface area contributed by atoms with E-state index in [0.29, 0.717) is 0 Å². The molecule has 0 fully saturated rings. The fourth-order valence-electron chi connectivity index (χ4n) is 0. The molecule has 15 heavy (non-hydrogen) atoms. The molecular weight excluding hydrogens is 312 g/mol. The first-order valence-corrected chi connectivity index (χ1v) is 4.58. The van der Waals surface area contributed by atoms with E-state index in [0.717, 1.165) is 0 Å². The molecule has 15 heteroatoms. The van der Waals surface area contributed by atoms with Crippen LogP contribution in [0.2, 0.25) is 0 Å². The molecule has 0 unspecified atom stereocenters. The molecule has 0 rings (SSSR count). The van der Waals surface area contributed by atoms with Crippen molar-refractivity contribution in [3.8, 4) is 0 Å². The van der Waals surface area contributed by atoms with Crippen molar-refractivity contribution in [1.29, 1.82) is 0 Å². The van der Waals surface area contributed by atoms with Gasteiger partial charge in [-0.1, -0.05) is 0 Å². The summed E-state index contributed by atoms with van der Waals surface area (Å²) in [6, 6.07) is 0. The molecule has 0 aromatic heterocycles. The zero-order chi connectivity index (χ0) is 13.0. The Kier molecular flexibility index (Phi) is 32.4. The molecule has 0 spiro atoms. The molecule has 0 saturated carbocycles. The van der Waals surface area contributed by atoms with E-state index in [4.69, 9.17) is 46.7 Å². The number of hydrogen-bond acceptors (Lipinski definition) is 10. The fraction of sp³-hybridized carbons (Fsp3) is 0. The Hall–Kier alpha value is 0.0995. The second-order valence-electron chi connectivity index (χ2n) is 0.816. The first-order valence-electron chi connectivity index (χ1n) is 1.91. The van der Waals surface area contributed by atoms with E-state index in [1.54, 1.807) is 0 Å². The Labute approximate surface area is 96.6 Å².